The highest BCUT2D eigenvalue weighted by molar-refractivity contribution is 7.98. The topological polar surface area (TPSA) is 12.0 Å². The highest BCUT2D eigenvalue weighted by atomic mass is 32.2. The first-order valence-electron chi connectivity index (χ1n) is 4.81. The third-order valence-corrected chi connectivity index (χ3v) is 2.63. The standard InChI is InChI=1S/C11H16FNS/c1-14-8-3-2-7-13-11-6-4-5-10(12)9-11/h4-6,9,13H,2-3,7-8H2,1H3. The Kier molecular flexibility index (Phi) is 5.45. The third-order valence-electron chi connectivity index (χ3n) is 1.93. The number of anilines is 1. The summed E-state index contributed by atoms with van der Waals surface area (Å²) in [5, 5.41) is 3.20. The molecule has 0 fully saturated rings. The fourth-order valence-corrected chi connectivity index (χ4v) is 1.70. The first-order chi connectivity index (χ1) is 6.83. The van der Waals surface area contributed by atoms with Crippen LogP contribution in [0.15, 0.2) is 24.3 Å². The molecule has 0 atom stereocenters. The Labute approximate surface area is 89.1 Å². The number of halogens is 1. The number of hydrogen-bond donors (Lipinski definition) is 1. The van der Waals surface area contributed by atoms with Gasteiger partial charge in [-0.1, -0.05) is 6.07 Å². The summed E-state index contributed by atoms with van der Waals surface area (Å²) in [5.74, 6) is 1.02. The Morgan fingerprint density at radius 2 is 2.21 bits per heavy atom. The van der Waals surface area contributed by atoms with Crippen molar-refractivity contribution in [1.29, 1.82) is 0 Å². The Morgan fingerprint density at radius 1 is 1.36 bits per heavy atom. The quantitative estimate of drug-likeness (QED) is 0.727. The molecule has 14 heavy (non-hydrogen) atoms. The number of benzene rings is 1. The van der Waals surface area contributed by atoms with Crippen LogP contribution in [0.2, 0.25) is 0 Å². The normalized spacial score (nSPS) is 10.1. The summed E-state index contributed by atoms with van der Waals surface area (Å²) in [4.78, 5) is 0. The van der Waals surface area contributed by atoms with Crippen LogP contribution in [-0.2, 0) is 0 Å². The van der Waals surface area contributed by atoms with Gasteiger partial charge in [-0.2, -0.15) is 11.8 Å². The van der Waals surface area contributed by atoms with Gasteiger partial charge in [-0.25, -0.2) is 4.39 Å². The van der Waals surface area contributed by atoms with Crippen molar-refractivity contribution in [1.82, 2.24) is 0 Å². The summed E-state index contributed by atoms with van der Waals surface area (Å²) in [6.45, 7) is 0.921. The fourth-order valence-electron chi connectivity index (χ4n) is 1.20. The van der Waals surface area contributed by atoms with Gasteiger partial charge in [0.05, 0.1) is 0 Å². The molecule has 1 aromatic rings. The largest absolute Gasteiger partial charge is 0.385 e. The molecule has 1 N–H and O–H groups in total. The SMILES string of the molecule is CSCCCCNc1cccc(F)c1. The highest BCUT2D eigenvalue weighted by Crippen LogP contribution is 2.09. The minimum Gasteiger partial charge on any atom is -0.385 e. The zero-order valence-corrected chi connectivity index (χ0v) is 9.24. The lowest BCUT2D eigenvalue weighted by atomic mass is 10.3. The second-order valence-corrected chi connectivity index (χ2v) is 4.12. The van der Waals surface area contributed by atoms with E-state index in [1.54, 1.807) is 6.07 Å². The number of nitrogens with one attached hydrogen (secondary N) is 1. The predicted octanol–water partition coefficient (Wildman–Crippen LogP) is 3.38. The van der Waals surface area contributed by atoms with E-state index < -0.39 is 0 Å². The van der Waals surface area contributed by atoms with Gasteiger partial charge in [0.2, 0.25) is 0 Å². The predicted molar refractivity (Wildman–Crippen MR) is 62.5 cm³/mol. The van der Waals surface area contributed by atoms with E-state index >= 15 is 0 Å². The molecule has 0 amide bonds. The van der Waals surface area contributed by atoms with Crippen molar-refractivity contribution in [3.63, 3.8) is 0 Å². The van der Waals surface area contributed by atoms with E-state index in [-0.39, 0.29) is 5.82 Å². The monoisotopic (exact) mass is 213 g/mol. The van der Waals surface area contributed by atoms with Crippen LogP contribution in [0, 0.1) is 5.82 Å². The maximum Gasteiger partial charge on any atom is 0.125 e. The van der Waals surface area contributed by atoms with Crippen molar-refractivity contribution in [2.24, 2.45) is 0 Å². The summed E-state index contributed by atoms with van der Waals surface area (Å²) >= 11 is 1.86. The van der Waals surface area contributed by atoms with E-state index in [9.17, 15) is 4.39 Å². The van der Waals surface area contributed by atoms with Crippen LogP contribution in [-0.4, -0.2) is 18.6 Å². The van der Waals surface area contributed by atoms with Crippen LogP contribution in [0.3, 0.4) is 0 Å². The van der Waals surface area contributed by atoms with Crippen LogP contribution in [0.25, 0.3) is 0 Å². The van der Waals surface area contributed by atoms with Gasteiger partial charge in [0.1, 0.15) is 5.82 Å². The minimum atomic E-state index is -0.181. The Balaban J connectivity index is 2.18. The van der Waals surface area contributed by atoms with Crippen LogP contribution in [0.1, 0.15) is 12.8 Å². The maximum atomic E-state index is 12.8. The van der Waals surface area contributed by atoms with Crippen molar-refractivity contribution in [3.8, 4) is 0 Å². The lowest BCUT2D eigenvalue weighted by Crippen LogP contribution is -2.01. The van der Waals surface area contributed by atoms with Gasteiger partial charge in [0.15, 0.2) is 0 Å². The minimum absolute atomic E-state index is 0.181. The fraction of sp³-hybridized carbons (Fsp3) is 0.455. The first kappa shape index (κ1) is 11.4. The number of hydrogen-bond acceptors (Lipinski definition) is 2. The molecule has 0 bridgehead atoms. The van der Waals surface area contributed by atoms with E-state index in [1.807, 2.05) is 17.8 Å². The molecule has 0 radical (unpaired) electrons. The molecule has 0 saturated heterocycles. The number of unbranched alkanes of at least 4 members (excludes halogenated alkanes) is 1. The van der Waals surface area contributed by atoms with Gasteiger partial charge in [-0.05, 0) is 43.0 Å². The summed E-state index contributed by atoms with van der Waals surface area (Å²) in [6.07, 6.45) is 4.46. The van der Waals surface area contributed by atoms with Crippen molar-refractivity contribution in [2.75, 3.05) is 23.9 Å². The molecule has 0 saturated carbocycles. The van der Waals surface area contributed by atoms with Crippen molar-refractivity contribution < 1.29 is 4.39 Å². The van der Waals surface area contributed by atoms with Gasteiger partial charge in [0, 0.05) is 12.2 Å². The Morgan fingerprint density at radius 3 is 2.93 bits per heavy atom. The van der Waals surface area contributed by atoms with E-state index in [0.717, 1.165) is 18.7 Å². The molecule has 3 heteroatoms. The summed E-state index contributed by atoms with van der Waals surface area (Å²) in [6, 6.07) is 6.59. The molecule has 78 valence electrons. The smallest absolute Gasteiger partial charge is 0.125 e. The van der Waals surface area contributed by atoms with Gasteiger partial charge >= 0.3 is 0 Å². The average molecular weight is 213 g/mol. The van der Waals surface area contributed by atoms with E-state index in [1.165, 1.54) is 24.3 Å². The Hall–Kier alpha value is -0.700. The van der Waals surface area contributed by atoms with Crippen LogP contribution >= 0.6 is 11.8 Å². The van der Waals surface area contributed by atoms with Crippen molar-refractivity contribution in [2.45, 2.75) is 12.8 Å². The van der Waals surface area contributed by atoms with Crippen LogP contribution in [0.4, 0.5) is 10.1 Å². The summed E-state index contributed by atoms with van der Waals surface area (Å²) in [5.41, 5.74) is 0.870. The third kappa shape index (κ3) is 4.51. The molecule has 1 rings (SSSR count). The molecule has 0 aliphatic heterocycles. The molecule has 0 unspecified atom stereocenters. The van der Waals surface area contributed by atoms with Crippen molar-refractivity contribution in [3.05, 3.63) is 30.1 Å². The van der Waals surface area contributed by atoms with E-state index in [4.69, 9.17) is 0 Å². The molecule has 0 spiro atoms. The van der Waals surface area contributed by atoms with Gasteiger partial charge < -0.3 is 5.32 Å². The molecule has 0 aliphatic rings. The van der Waals surface area contributed by atoms with E-state index in [2.05, 4.69) is 11.6 Å². The molecule has 0 heterocycles. The molecular formula is C11H16FNS. The number of rotatable bonds is 6. The zero-order valence-electron chi connectivity index (χ0n) is 8.42. The van der Waals surface area contributed by atoms with Gasteiger partial charge in [0.25, 0.3) is 0 Å². The van der Waals surface area contributed by atoms with E-state index in [0.29, 0.717) is 0 Å². The van der Waals surface area contributed by atoms with Gasteiger partial charge in [-0.3, -0.25) is 0 Å². The molecule has 1 nitrogen and oxygen atoms in total. The lowest BCUT2D eigenvalue weighted by Gasteiger charge is -2.05. The first-order valence-corrected chi connectivity index (χ1v) is 6.20. The highest BCUT2D eigenvalue weighted by Gasteiger charge is 1.93. The summed E-state index contributed by atoms with van der Waals surface area (Å²) < 4.78 is 12.8. The van der Waals surface area contributed by atoms with Crippen LogP contribution < -0.4 is 5.32 Å². The average Bonchev–Trinajstić information content (AvgIpc) is 2.18. The molecular weight excluding hydrogens is 197 g/mol. The Bertz CT molecular complexity index is 265. The molecule has 1 aromatic carbocycles. The lowest BCUT2D eigenvalue weighted by molar-refractivity contribution is 0.628. The van der Waals surface area contributed by atoms with Crippen LogP contribution in [0.5, 0.6) is 0 Å². The molecule has 0 aromatic heterocycles. The summed E-state index contributed by atoms with van der Waals surface area (Å²) in [7, 11) is 0. The zero-order chi connectivity index (χ0) is 10.2. The number of thioether (sulfide) groups is 1. The van der Waals surface area contributed by atoms with Gasteiger partial charge in [-0.15, -0.1) is 0 Å². The second-order valence-electron chi connectivity index (χ2n) is 3.14. The molecule has 0 aliphatic carbocycles. The maximum absolute atomic E-state index is 12.8. The van der Waals surface area contributed by atoms with Crippen molar-refractivity contribution >= 4 is 17.4 Å². The second kappa shape index (κ2) is 6.71.